The molecule has 0 amide bonds. The van der Waals surface area contributed by atoms with E-state index in [9.17, 15) is 0 Å². The van der Waals surface area contributed by atoms with Crippen LogP contribution in [0, 0.1) is 6.92 Å². The fraction of sp³-hybridized carbons (Fsp3) is 0.0769. The monoisotopic (exact) mass is 217 g/mol. The van der Waals surface area contributed by atoms with Gasteiger partial charge in [-0.3, -0.25) is 0 Å². The summed E-state index contributed by atoms with van der Waals surface area (Å²) in [6.45, 7) is 2.01. The molecule has 0 radical (unpaired) electrons. The molecule has 1 nitrogen and oxygen atoms in total. The van der Waals surface area contributed by atoms with E-state index in [4.69, 9.17) is 17.3 Å². The van der Waals surface area contributed by atoms with Crippen LogP contribution >= 0.6 is 11.6 Å². The predicted molar refractivity (Wildman–Crippen MR) is 66.0 cm³/mol. The number of para-hydroxylation sites is 1. The average Bonchev–Trinajstić information content (AvgIpc) is 2.24. The molecule has 0 fully saturated rings. The number of aryl methyl sites for hydroxylation is 1. The molecule has 0 spiro atoms. The van der Waals surface area contributed by atoms with Gasteiger partial charge in [0.25, 0.3) is 0 Å². The lowest BCUT2D eigenvalue weighted by molar-refractivity contribution is 1.46. The van der Waals surface area contributed by atoms with Crippen molar-refractivity contribution in [3.05, 3.63) is 53.1 Å². The molecular formula is C13H12ClN. The number of rotatable bonds is 1. The maximum absolute atomic E-state index is 6.02. The van der Waals surface area contributed by atoms with Gasteiger partial charge in [0.15, 0.2) is 0 Å². The molecule has 0 aliphatic rings. The van der Waals surface area contributed by atoms with Crippen LogP contribution in [0.1, 0.15) is 5.56 Å². The van der Waals surface area contributed by atoms with Gasteiger partial charge in [-0.25, -0.2) is 0 Å². The van der Waals surface area contributed by atoms with Crippen LogP contribution in [0.15, 0.2) is 42.5 Å². The second-order valence-electron chi connectivity index (χ2n) is 3.54. The standard InChI is InChI=1S/C13H12ClN/c1-9-3-2-4-12(13(9)15)10-5-7-11(14)8-6-10/h2-8H,15H2,1H3. The Balaban J connectivity index is 2.54. The molecule has 0 saturated heterocycles. The third kappa shape index (κ3) is 1.97. The van der Waals surface area contributed by atoms with Gasteiger partial charge in [0, 0.05) is 16.3 Å². The van der Waals surface area contributed by atoms with Crippen molar-refractivity contribution in [2.24, 2.45) is 0 Å². The first-order valence-corrected chi connectivity index (χ1v) is 5.17. The summed E-state index contributed by atoms with van der Waals surface area (Å²) < 4.78 is 0. The normalized spacial score (nSPS) is 10.3. The Hall–Kier alpha value is -1.47. The minimum absolute atomic E-state index is 0.741. The van der Waals surface area contributed by atoms with Gasteiger partial charge in [0.05, 0.1) is 0 Å². The number of nitrogen functional groups attached to an aromatic ring is 1. The van der Waals surface area contributed by atoms with Crippen LogP contribution in [-0.2, 0) is 0 Å². The molecule has 2 rings (SSSR count). The van der Waals surface area contributed by atoms with Crippen molar-refractivity contribution in [1.29, 1.82) is 0 Å². The first-order valence-electron chi connectivity index (χ1n) is 4.79. The Labute approximate surface area is 94.5 Å². The average molecular weight is 218 g/mol. The summed E-state index contributed by atoms with van der Waals surface area (Å²) in [5.41, 5.74) is 10.1. The van der Waals surface area contributed by atoms with Crippen molar-refractivity contribution in [1.82, 2.24) is 0 Å². The third-order valence-electron chi connectivity index (χ3n) is 2.48. The molecule has 2 heteroatoms. The van der Waals surface area contributed by atoms with Crippen molar-refractivity contribution in [3.63, 3.8) is 0 Å². The summed E-state index contributed by atoms with van der Waals surface area (Å²) in [5, 5.41) is 0.741. The Morgan fingerprint density at radius 1 is 1.00 bits per heavy atom. The SMILES string of the molecule is Cc1cccc(-c2ccc(Cl)cc2)c1N. The highest BCUT2D eigenvalue weighted by atomic mass is 35.5. The molecule has 0 bridgehead atoms. The van der Waals surface area contributed by atoms with E-state index < -0.39 is 0 Å². The van der Waals surface area contributed by atoms with E-state index in [2.05, 4.69) is 0 Å². The predicted octanol–water partition coefficient (Wildman–Crippen LogP) is 3.90. The molecule has 0 aromatic heterocycles. The first-order chi connectivity index (χ1) is 7.18. The van der Waals surface area contributed by atoms with Crippen LogP contribution in [-0.4, -0.2) is 0 Å². The van der Waals surface area contributed by atoms with Crippen molar-refractivity contribution in [2.45, 2.75) is 6.92 Å². The number of benzene rings is 2. The lowest BCUT2D eigenvalue weighted by Gasteiger charge is -2.08. The van der Waals surface area contributed by atoms with E-state index in [0.717, 1.165) is 27.4 Å². The molecular weight excluding hydrogens is 206 g/mol. The van der Waals surface area contributed by atoms with Crippen LogP contribution in [0.3, 0.4) is 0 Å². The van der Waals surface area contributed by atoms with Gasteiger partial charge in [0.2, 0.25) is 0 Å². The van der Waals surface area contributed by atoms with Gasteiger partial charge in [-0.2, -0.15) is 0 Å². The van der Waals surface area contributed by atoms with Crippen LogP contribution < -0.4 is 5.73 Å². The lowest BCUT2D eigenvalue weighted by Crippen LogP contribution is -1.92. The quantitative estimate of drug-likeness (QED) is 0.721. The van der Waals surface area contributed by atoms with Gasteiger partial charge in [0.1, 0.15) is 0 Å². The molecule has 2 aromatic carbocycles. The largest absolute Gasteiger partial charge is 0.398 e. The Morgan fingerprint density at radius 3 is 2.33 bits per heavy atom. The zero-order valence-corrected chi connectivity index (χ0v) is 9.25. The summed E-state index contributed by atoms with van der Waals surface area (Å²) in [4.78, 5) is 0. The molecule has 2 aromatic rings. The Kier molecular flexibility index (Phi) is 2.65. The molecule has 0 aliphatic heterocycles. The highest BCUT2D eigenvalue weighted by Crippen LogP contribution is 2.28. The fourth-order valence-electron chi connectivity index (χ4n) is 1.56. The molecule has 0 atom stereocenters. The second-order valence-corrected chi connectivity index (χ2v) is 3.98. The lowest BCUT2D eigenvalue weighted by atomic mass is 10.0. The number of nitrogens with two attached hydrogens (primary N) is 1. The van der Waals surface area contributed by atoms with Crippen LogP contribution in [0.25, 0.3) is 11.1 Å². The van der Waals surface area contributed by atoms with Gasteiger partial charge >= 0.3 is 0 Å². The summed E-state index contributed by atoms with van der Waals surface area (Å²) >= 11 is 5.84. The van der Waals surface area contributed by atoms with E-state index in [0.29, 0.717) is 0 Å². The number of anilines is 1. The van der Waals surface area contributed by atoms with Gasteiger partial charge in [-0.15, -0.1) is 0 Å². The highest BCUT2D eigenvalue weighted by Gasteiger charge is 2.03. The fourth-order valence-corrected chi connectivity index (χ4v) is 1.69. The third-order valence-corrected chi connectivity index (χ3v) is 2.73. The summed E-state index contributed by atoms with van der Waals surface area (Å²) in [7, 11) is 0. The van der Waals surface area contributed by atoms with Gasteiger partial charge in [-0.1, -0.05) is 41.9 Å². The minimum Gasteiger partial charge on any atom is -0.398 e. The molecule has 0 saturated carbocycles. The van der Waals surface area contributed by atoms with E-state index in [1.807, 2.05) is 49.4 Å². The summed E-state index contributed by atoms with van der Waals surface area (Å²) in [6.07, 6.45) is 0. The molecule has 0 heterocycles. The first kappa shape index (κ1) is 10.1. The van der Waals surface area contributed by atoms with E-state index >= 15 is 0 Å². The van der Waals surface area contributed by atoms with Crippen molar-refractivity contribution in [2.75, 3.05) is 5.73 Å². The molecule has 0 unspecified atom stereocenters. The van der Waals surface area contributed by atoms with Gasteiger partial charge in [-0.05, 0) is 30.2 Å². The smallest absolute Gasteiger partial charge is 0.0423 e. The molecule has 15 heavy (non-hydrogen) atoms. The zero-order chi connectivity index (χ0) is 10.8. The van der Waals surface area contributed by atoms with Crippen LogP contribution in [0.4, 0.5) is 5.69 Å². The molecule has 0 aliphatic carbocycles. The maximum atomic E-state index is 6.02. The zero-order valence-electron chi connectivity index (χ0n) is 8.50. The minimum atomic E-state index is 0.741. The van der Waals surface area contributed by atoms with Crippen molar-refractivity contribution < 1.29 is 0 Å². The van der Waals surface area contributed by atoms with Crippen molar-refractivity contribution >= 4 is 17.3 Å². The Bertz CT molecular complexity index is 474. The maximum Gasteiger partial charge on any atom is 0.0423 e. The van der Waals surface area contributed by atoms with Crippen molar-refractivity contribution in [3.8, 4) is 11.1 Å². The number of halogens is 1. The molecule has 76 valence electrons. The van der Waals surface area contributed by atoms with E-state index in [1.54, 1.807) is 0 Å². The van der Waals surface area contributed by atoms with E-state index in [-0.39, 0.29) is 0 Å². The second kappa shape index (κ2) is 3.95. The molecule has 2 N–H and O–H groups in total. The number of hydrogen-bond donors (Lipinski definition) is 1. The topological polar surface area (TPSA) is 26.0 Å². The van der Waals surface area contributed by atoms with Crippen LogP contribution in [0.5, 0.6) is 0 Å². The van der Waals surface area contributed by atoms with Crippen LogP contribution in [0.2, 0.25) is 5.02 Å². The Morgan fingerprint density at radius 2 is 1.67 bits per heavy atom. The number of hydrogen-bond acceptors (Lipinski definition) is 1. The van der Waals surface area contributed by atoms with E-state index in [1.165, 1.54) is 0 Å². The summed E-state index contributed by atoms with van der Waals surface area (Å²) in [6, 6.07) is 13.7. The summed E-state index contributed by atoms with van der Waals surface area (Å²) in [5.74, 6) is 0. The van der Waals surface area contributed by atoms with Gasteiger partial charge < -0.3 is 5.73 Å². The highest BCUT2D eigenvalue weighted by molar-refractivity contribution is 6.30.